The zero-order valence-electron chi connectivity index (χ0n) is 11.9. The van der Waals surface area contributed by atoms with Crippen LogP contribution in [-0.4, -0.2) is 31.1 Å². The molecule has 0 atom stereocenters. The van der Waals surface area contributed by atoms with Gasteiger partial charge in [0.05, 0.1) is 11.3 Å². The van der Waals surface area contributed by atoms with Crippen LogP contribution >= 0.6 is 0 Å². The molecule has 1 N–H and O–H groups in total. The van der Waals surface area contributed by atoms with Crippen LogP contribution in [0.1, 0.15) is 30.9 Å². The molecule has 19 heavy (non-hydrogen) atoms. The number of nitriles is 1. The van der Waals surface area contributed by atoms with E-state index in [1.807, 2.05) is 12.1 Å². The van der Waals surface area contributed by atoms with E-state index in [4.69, 9.17) is 5.26 Å². The van der Waals surface area contributed by atoms with Crippen LogP contribution < -0.4 is 5.32 Å². The average Bonchev–Trinajstić information content (AvgIpc) is 2.46. The van der Waals surface area contributed by atoms with Gasteiger partial charge in [0.25, 0.3) is 0 Å². The molecule has 0 saturated carbocycles. The first-order chi connectivity index (χ1) is 9.24. The molecule has 1 aliphatic heterocycles. The molecule has 0 amide bonds. The van der Waals surface area contributed by atoms with Crippen molar-refractivity contribution in [2.24, 2.45) is 5.92 Å². The summed E-state index contributed by atoms with van der Waals surface area (Å²) in [6.07, 6.45) is 2.52. The lowest BCUT2D eigenvalue weighted by Gasteiger charge is -2.31. The van der Waals surface area contributed by atoms with Crippen LogP contribution in [0, 0.1) is 24.2 Å². The predicted molar refractivity (Wildman–Crippen MR) is 79.2 cm³/mol. The summed E-state index contributed by atoms with van der Waals surface area (Å²) in [5, 5.41) is 12.6. The summed E-state index contributed by atoms with van der Waals surface area (Å²) < 4.78 is 0. The van der Waals surface area contributed by atoms with Gasteiger partial charge in [-0.2, -0.15) is 5.26 Å². The maximum atomic E-state index is 9.15. The van der Waals surface area contributed by atoms with E-state index < -0.39 is 0 Å². The fraction of sp³-hybridized carbons (Fsp3) is 0.562. The third-order valence-corrected chi connectivity index (χ3v) is 4.12. The summed E-state index contributed by atoms with van der Waals surface area (Å²) in [6, 6.07) is 8.16. The Morgan fingerprint density at radius 1 is 1.37 bits per heavy atom. The molecule has 0 spiro atoms. The minimum absolute atomic E-state index is 0.731. The molecule has 0 aliphatic carbocycles. The highest BCUT2D eigenvalue weighted by atomic mass is 15.1. The van der Waals surface area contributed by atoms with Crippen molar-refractivity contribution in [2.45, 2.75) is 26.7 Å². The Hall–Kier alpha value is -1.53. The molecule has 0 bridgehead atoms. The number of nitrogens with one attached hydrogen (secondary N) is 1. The SMILES string of the molecule is CCN1CCC(CNc2c(C)cccc2C#N)CC1. The van der Waals surface area contributed by atoms with Crippen molar-refractivity contribution in [3.63, 3.8) is 0 Å². The van der Waals surface area contributed by atoms with Gasteiger partial charge < -0.3 is 10.2 Å². The third-order valence-electron chi connectivity index (χ3n) is 4.12. The minimum atomic E-state index is 0.731. The number of anilines is 1. The van der Waals surface area contributed by atoms with Crippen LogP contribution in [0.4, 0.5) is 5.69 Å². The van der Waals surface area contributed by atoms with Gasteiger partial charge in [-0.15, -0.1) is 0 Å². The molecule has 3 nitrogen and oxygen atoms in total. The monoisotopic (exact) mass is 257 g/mol. The Labute approximate surface area is 116 Å². The quantitative estimate of drug-likeness (QED) is 0.901. The van der Waals surface area contributed by atoms with E-state index in [0.717, 1.165) is 35.8 Å². The van der Waals surface area contributed by atoms with Gasteiger partial charge in [-0.1, -0.05) is 19.1 Å². The number of likely N-dealkylation sites (tertiary alicyclic amines) is 1. The van der Waals surface area contributed by atoms with E-state index in [1.54, 1.807) is 0 Å². The van der Waals surface area contributed by atoms with Crippen molar-refractivity contribution >= 4 is 5.69 Å². The number of piperidine rings is 1. The van der Waals surface area contributed by atoms with E-state index in [1.165, 1.54) is 25.9 Å². The second-order valence-corrected chi connectivity index (χ2v) is 5.37. The fourth-order valence-corrected chi connectivity index (χ4v) is 2.75. The van der Waals surface area contributed by atoms with Crippen LogP contribution in [-0.2, 0) is 0 Å². The van der Waals surface area contributed by atoms with Crippen molar-refractivity contribution in [1.29, 1.82) is 5.26 Å². The highest BCUT2D eigenvalue weighted by Crippen LogP contribution is 2.22. The minimum Gasteiger partial charge on any atom is -0.383 e. The standard InChI is InChI=1S/C16H23N3/c1-3-19-9-7-14(8-10-19)12-18-16-13(2)5-4-6-15(16)11-17/h4-6,14,18H,3,7-10,12H2,1-2H3. The summed E-state index contributed by atoms with van der Waals surface area (Å²) >= 11 is 0. The summed E-state index contributed by atoms with van der Waals surface area (Å²) in [5.41, 5.74) is 2.93. The highest BCUT2D eigenvalue weighted by molar-refractivity contribution is 5.62. The van der Waals surface area contributed by atoms with Gasteiger partial charge in [0.2, 0.25) is 0 Å². The molecule has 0 radical (unpaired) electrons. The number of nitrogens with zero attached hydrogens (tertiary/aromatic N) is 2. The van der Waals surface area contributed by atoms with E-state index in [9.17, 15) is 0 Å². The van der Waals surface area contributed by atoms with Crippen LogP contribution in [0.2, 0.25) is 0 Å². The van der Waals surface area contributed by atoms with Gasteiger partial charge in [0.1, 0.15) is 6.07 Å². The fourth-order valence-electron chi connectivity index (χ4n) is 2.75. The van der Waals surface area contributed by atoms with Crippen molar-refractivity contribution in [1.82, 2.24) is 4.90 Å². The first-order valence-corrected chi connectivity index (χ1v) is 7.20. The van der Waals surface area contributed by atoms with Crippen LogP contribution in [0.5, 0.6) is 0 Å². The maximum absolute atomic E-state index is 9.15. The second-order valence-electron chi connectivity index (χ2n) is 5.37. The van der Waals surface area contributed by atoms with E-state index >= 15 is 0 Å². The molecule has 1 aromatic rings. The van der Waals surface area contributed by atoms with E-state index in [2.05, 4.69) is 36.2 Å². The Balaban J connectivity index is 1.91. The lowest BCUT2D eigenvalue weighted by molar-refractivity contribution is 0.198. The number of para-hydroxylation sites is 1. The molecule has 0 unspecified atom stereocenters. The molecule has 1 aliphatic rings. The van der Waals surface area contributed by atoms with Crippen molar-refractivity contribution in [3.8, 4) is 6.07 Å². The Morgan fingerprint density at radius 3 is 2.74 bits per heavy atom. The smallest absolute Gasteiger partial charge is 0.101 e. The average molecular weight is 257 g/mol. The highest BCUT2D eigenvalue weighted by Gasteiger charge is 2.18. The Bertz CT molecular complexity index is 454. The molecule has 1 fully saturated rings. The van der Waals surface area contributed by atoms with E-state index in [-0.39, 0.29) is 0 Å². The Kier molecular flexibility index (Phi) is 4.81. The number of aryl methyl sites for hydroxylation is 1. The van der Waals surface area contributed by atoms with E-state index in [0.29, 0.717) is 0 Å². The van der Waals surface area contributed by atoms with Gasteiger partial charge in [0.15, 0.2) is 0 Å². The zero-order chi connectivity index (χ0) is 13.7. The van der Waals surface area contributed by atoms with Crippen molar-refractivity contribution in [3.05, 3.63) is 29.3 Å². The van der Waals surface area contributed by atoms with Gasteiger partial charge in [-0.25, -0.2) is 0 Å². The molecule has 2 rings (SSSR count). The molecule has 1 aromatic carbocycles. The van der Waals surface area contributed by atoms with Gasteiger partial charge in [-0.3, -0.25) is 0 Å². The number of hydrogen-bond acceptors (Lipinski definition) is 3. The third kappa shape index (κ3) is 3.48. The number of hydrogen-bond donors (Lipinski definition) is 1. The molecule has 3 heteroatoms. The van der Waals surface area contributed by atoms with Gasteiger partial charge in [-0.05, 0) is 56.9 Å². The molecule has 102 valence electrons. The van der Waals surface area contributed by atoms with Crippen LogP contribution in [0.3, 0.4) is 0 Å². The predicted octanol–water partition coefficient (Wildman–Crippen LogP) is 3.01. The molecule has 1 heterocycles. The van der Waals surface area contributed by atoms with Gasteiger partial charge >= 0.3 is 0 Å². The number of rotatable bonds is 4. The van der Waals surface area contributed by atoms with Crippen molar-refractivity contribution < 1.29 is 0 Å². The topological polar surface area (TPSA) is 39.1 Å². The first kappa shape index (κ1) is 13.9. The number of benzene rings is 1. The molecular formula is C16H23N3. The molecule has 0 aromatic heterocycles. The normalized spacial score (nSPS) is 17.1. The summed E-state index contributed by atoms with van der Waals surface area (Å²) in [7, 11) is 0. The van der Waals surface area contributed by atoms with Crippen LogP contribution in [0.25, 0.3) is 0 Å². The largest absolute Gasteiger partial charge is 0.383 e. The second kappa shape index (κ2) is 6.58. The lowest BCUT2D eigenvalue weighted by Crippen LogP contribution is -2.35. The van der Waals surface area contributed by atoms with Crippen molar-refractivity contribution in [2.75, 3.05) is 31.5 Å². The van der Waals surface area contributed by atoms with Crippen LogP contribution in [0.15, 0.2) is 18.2 Å². The maximum Gasteiger partial charge on any atom is 0.101 e. The van der Waals surface area contributed by atoms with Gasteiger partial charge in [0, 0.05) is 6.54 Å². The summed E-state index contributed by atoms with van der Waals surface area (Å²) in [5.74, 6) is 0.731. The Morgan fingerprint density at radius 2 is 2.11 bits per heavy atom. The molecule has 1 saturated heterocycles. The summed E-state index contributed by atoms with van der Waals surface area (Å²) in [4.78, 5) is 2.50. The molecular weight excluding hydrogens is 234 g/mol. The summed E-state index contributed by atoms with van der Waals surface area (Å²) in [6.45, 7) is 8.85. The zero-order valence-corrected chi connectivity index (χ0v) is 11.9. The lowest BCUT2D eigenvalue weighted by atomic mass is 9.96. The first-order valence-electron chi connectivity index (χ1n) is 7.20.